The van der Waals surface area contributed by atoms with Gasteiger partial charge in [0.1, 0.15) is 0 Å². The van der Waals surface area contributed by atoms with E-state index < -0.39 is 0 Å². The van der Waals surface area contributed by atoms with Crippen LogP contribution in [0, 0.1) is 23.7 Å². The van der Waals surface area contributed by atoms with Crippen LogP contribution in [0.5, 0.6) is 0 Å². The van der Waals surface area contributed by atoms with E-state index in [4.69, 9.17) is 4.99 Å². The van der Waals surface area contributed by atoms with E-state index in [1.54, 1.807) is 0 Å². The fourth-order valence-electron chi connectivity index (χ4n) is 7.08. The number of rotatable bonds is 12. The van der Waals surface area contributed by atoms with Crippen molar-refractivity contribution in [2.45, 2.75) is 71.8 Å². The first-order valence-corrected chi connectivity index (χ1v) is 18.1. The summed E-state index contributed by atoms with van der Waals surface area (Å²) in [6, 6.07) is 9.88. The molecule has 7 nitrogen and oxygen atoms in total. The molecule has 1 aromatic heterocycles. The molecule has 5 unspecified atom stereocenters. The number of amidine groups is 1. The second-order valence-corrected chi connectivity index (χ2v) is 14.9. The lowest BCUT2D eigenvalue weighted by Crippen LogP contribution is -2.43. The molecule has 5 atom stereocenters. The Morgan fingerprint density at radius 1 is 1.15 bits per heavy atom. The number of aliphatic hydroxyl groups excluding tert-OH is 1. The van der Waals surface area contributed by atoms with E-state index in [0.29, 0.717) is 18.7 Å². The lowest BCUT2D eigenvalue weighted by atomic mass is 9.82. The van der Waals surface area contributed by atoms with Crippen molar-refractivity contribution in [3.8, 4) is 0 Å². The zero-order valence-electron chi connectivity index (χ0n) is 27.9. The molecule has 0 bridgehead atoms. The van der Waals surface area contributed by atoms with Crippen LogP contribution in [0.25, 0.3) is 5.70 Å². The molecular formula is C39H48N4O3S. The van der Waals surface area contributed by atoms with Crippen molar-refractivity contribution in [2.24, 2.45) is 28.7 Å². The number of benzene rings is 1. The normalized spacial score (nSPS) is 23.9. The highest BCUT2D eigenvalue weighted by molar-refractivity contribution is 7.13. The largest absolute Gasteiger partial charge is 0.396 e. The van der Waals surface area contributed by atoms with Crippen LogP contribution in [0.3, 0.4) is 0 Å². The van der Waals surface area contributed by atoms with Crippen molar-refractivity contribution < 1.29 is 14.7 Å². The SMILES string of the molecule is C=C(NC1=CC=CC(C2=CC(C)C(=O)C(Nc3ccc(C(C(=O)CC(C)CCO)N4CCC4)cc3)=N2)C1C)c1cc2c(s1)CCCC2. The van der Waals surface area contributed by atoms with E-state index in [2.05, 4.69) is 53.3 Å². The van der Waals surface area contributed by atoms with Gasteiger partial charge in [0.15, 0.2) is 11.6 Å². The lowest BCUT2D eigenvalue weighted by molar-refractivity contribution is -0.127. The minimum Gasteiger partial charge on any atom is -0.396 e. The molecular weight excluding hydrogens is 605 g/mol. The van der Waals surface area contributed by atoms with Crippen LogP contribution in [0.2, 0.25) is 0 Å². The Kier molecular flexibility index (Phi) is 10.4. The molecule has 0 amide bonds. The molecule has 0 spiro atoms. The van der Waals surface area contributed by atoms with E-state index in [9.17, 15) is 14.7 Å². The number of ketones is 2. The third kappa shape index (κ3) is 7.45. The van der Waals surface area contributed by atoms with Crippen LogP contribution in [0.1, 0.15) is 79.8 Å². The van der Waals surface area contributed by atoms with Gasteiger partial charge in [-0.05, 0) is 79.8 Å². The molecule has 1 fully saturated rings. The predicted molar refractivity (Wildman–Crippen MR) is 192 cm³/mol. The van der Waals surface area contributed by atoms with Gasteiger partial charge in [-0.2, -0.15) is 0 Å². The number of fused-ring (bicyclic) bond motifs is 1. The number of nitrogens with zero attached hydrogens (tertiary/aromatic N) is 2. The summed E-state index contributed by atoms with van der Waals surface area (Å²) in [4.78, 5) is 36.4. The number of allylic oxidation sites excluding steroid dienone is 5. The first-order valence-electron chi connectivity index (χ1n) is 17.3. The zero-order valence-corrected chi connectivity index (χ0v) is 28.7. The molecule has 248 valence electrons. The Morgan fingerprint density at radius 3 is 2.62 bits per heavy atom. The van der Waals surface area contributed by atoms with E-state index in [1.807, 2.05) is 55.5 Å². The number of hydrogen-bond donors (Lipinski definition) is 3. The first kappa shape index (κ1) is 33.3. The molecule has 1 saturated heterocycles. The molecule has 2 aliphatic carbocycles. The summed E-state index contributed by atoms with van der Waals surface area (Å²) in [5.41, 5.74) is 6.11. The Balaban J connectivity index is 1.14. The highest BCUT2D eigenvalue weighted by Gasteiger charge is 2.33. The standard InChI is InChI=1S/C39H48N4O3S/c1-24(17-20-44)21-34(45)37(43-18-8-19-43)28-13-15-30(16-14-28)41-39-38(46)25(2)22-33(42-39)31-10-7-11-32(26(31)3)40-27(4)36-23-29-9-5-6-12-35(29)47-36/h7,10-11,13-16,22-26,31,37,40,44H,4-6,8-9,12,17-21H2,1-3H3,(H,41,42). The summed E-state index contributed by atoms with van der Waals surface area (Å²) in [6.45, 7) is 12.4. The van der Waals surface area contributed by atoms with Gasteiger partial charge in [-0.3, -0.25) is 14.5 Å². The second-order valence-electron chi connectivity index (χ2n) is 13.7. The van der Waals surface area contributed by atoms with Crippen LogP contribution in [-0.2, 0) is 22.4 Å². The highest BCUT2D eigenvalue weighted by atomic mass is 32.1. The number of aryl methyl sites for hydroxylation is 2. The van der Waals surface area contributed by atoms with Crippen molar-refractivity contribution >= 4 is 40.1 Å². The molecule has 47 heavy (non-hydrogen) atoms. The fourth-order valence-corrected chi connectivity index (χ4v) is 8.26. The van der Waals surface area contributed by atoms with Gasteiger partial charge in [-0.25, -0.2) is 4.99 Å². The molecule has 2 aromatic rings. The summed E-state index contributed by atoms with van der Waals surface area (Å²) >= 11 is 1.86. The quantitative estimate of drug-likeness (QED) is 0.224. The van der Waals surface area contributed by atoms with Crippen molar-refractivity contribution in [1.82, 2.24) is 10.2 Å². The average Bonchev–Trinajstić information content (AvgIpc) is 3.47. The van der Waals surface area contributed by atoms with Gasteiger partial charge in [0.05, 0.1) is 10.9 Å². The van der Waals surface area contributed by atoms with E-state index in [-0.39, 0.29) is 47.9 Å². The number of aliphatic hydroxyl groups is 1. The van der Waals surface area contributed by atoms with Crippen molar-refractivity contribution in [2.75, 3.05) is 25.0 Å². The first-order chi connectivity index (χ1) is 22.7. The number of aliphatic imine (C=N–C) groups is 1. The Hall–Kier alpha value is -3.59. The monoisotopic (exact) mass is 652 g/mol. The predicted octanol–water partition coefficient (Wildman–Crippen LogP) is 7.23. The molecule has 0 radical (unpaired) electrons. The van der Waals surface area contributed by atoms with Crippen LogP contribution < -0.4 is 10.6 Å². The maximum absolute atomic E-state index is 13.3. The number of carbonyl (C=O) groups is 2. The van der Waals surface area contributed by atoms with Gasteiger partial charge >= 0.3 is 0 Å². The Bertz CT molecular complexity index is 1600. The second kappa shape index (κ2) is 14.7. The topological polar surface area (TPSA) is 94.0 Å². The minimum atomic E-state index is -0.297. The van der Waals surface area contributed by atoms with E-state index in [1.165, 1.54) is 34.6 Å². The Morgan fingerprint density at radius 2 is 1.91 bits per heavy atom. The van der Waals surface area contributed by atoms with Crippen molar-refractivity contribution in [3.63, 3.8) is 0 Å². The zero-order chi connectivity index (χ0) is 33.1. The maximum Gasteiger partial charge on any atom is 0.204 e. The molecule has 3 N–H and O–H groups in total. The summed E-state index contributed by atoms with van der Waals surface area (Å²) in [5.74, 6) is 0.476. The number of nitrogens with one attached hydrogen (secondary N) is 2. The number of thiophene rings is 1. The summed E-state index contributed by atoms with van der Waals surface area (Å²) in [7, 11) is 0. The van der Waals surface area contributed by atoms with E-state index >= 15 is 0 Å². The lowest BCUT2D eigenvalue weighted by Gasteiger charge is -2.38. The van der Waals surface area contributed by atoms with Crippen LogP contribution in [-0.4, -0.2) is 47.1 Å². The molecule has 8 heteroatoms. The third-order valence-electron chi connectivity index (χ3n) is 10.1. The average molecular weight is 653 g/mol. The van der Waals surface area contributed by atoms with Crippen LogP contribution in [0.4, 0.5) is 5.69 Å². The molecule has 2 aliphatic heterocycles. The minimum absolute atomic E-state index is 0.0121. The van der Waals surface area contributed by atoms with Gasteiger partial charge in [-0.1, -0.05) is 57.7 Å². The summed E-state index contributed by atoms with van der Waals surface area (Å²) in [5, 5.41) is 16.2. The number of hydrogen-bond acceptors (Lipinski definition) is 8. The molecule has 1 aromatic carbocycles. The fraction of sp³-hybridized carbons (Fsp3) is 0.462. The smallest absolute Gasteiger partial charge is 0.204 e. The number of Topliss-reactive ketones (excluding diaryl/α,β-unsaturated/α-hetero) is 2. The van der Waals surface area contributed by atoms with Gasteiger partial charge in [0.25, 0.3) is 0 Å². The van der Waals surface area contributed by atoms with Crippen LogP contribution >= 0.6 is 11.3 Å². The number of carbonyl (C=O) groups excluding carboxylic acids is 2. The maximum atomic E-state index is 13.3. The van der Waals surface area contributed by atoms with Crippen molar-refractivity contribution in [1.29, 1.82) is 0 Å². The molecule has 6 rings (SSSR count). The molecule has 0 saturated carbocycles. The van der Waals surface area contributed by atoms with Gasteiger partial charge < -0.3 is 15.7 Å². The summed E-state index contributed by atoms with van der Waals surface area (Å²) in [6.07, 6.45) is 15.4. The molecule has 3 heterocycles. The molecule has 4 aliphatic rings. The van der Waals surface area contributed by atoms with Gasteiger partial charge in [-0.15, -0.1) is 11.3 Å². The number of anilines is 1. The Labute approximate surface area is 283 Å². The van der Waals surface area contributed by atoms with Crippen molar-refractivity contribution in [3.05, 3.63) is 93.5 Å². The van der Waals surface area contributed by atoms with Gasteiger partial charge in [0, 0.05) is 71.5 Å². The highest BCUT2D eigenvalue weighted by Crippen LogP contribution is 2.37. The third-order valence-corrected chi connectivity index (χ3v) is 11.4. The summed E-state index contributed by atoms with van der Waals surface area (Å²) < 4.78 is 0. The number of likely N-dealkylation sites (tertiary alicyclic amines) is 1. The van der Waals surface area contributed by atoms with Gasteiger partial charge in [0.2, 0.25) is 5.78 Å². The van der Waals surface area contributed by atoms with Crippen LogP contribution in [0.15, 0.2) is 77.6 Å². The van der Waals surface area contributed by atoms with E-state index in [0.717, 1.165) is 54.3 Å².